The number of methoxy groups -OCH3 is 1. The number of rotatable bonds is 7. The molecule has 0 N–H and O–H groups in total. The van der Waals surface area contributed by atoms with Crippen LogP contribution in [-0.4, -0.2) is 43.5 Å². The molecular weight excluding hydrogens is 202 g/mol. The van der Waals surface area contributed by atoms with Crippen LogP contribution in [0.2, 0.25) is 0 Å². The molecule has 1 aliphatic carbocycles. The molecule has 0 amide bonds. The standard InChI is InChI=1S/C13H25NO2/c1-13(2,3)12(15)7-8-14(9-10-16-4)11-5-6-11/h11H,5-10H2,1-4H3. The molecule has 0 aromatic heterocycles. The molecule has 16 heavy (non-hydrogen) atoms. The number of nitrogens with zero attached hydrogens (tertiary/aromatic N) is 1. The van der Waals surface area contributed by atoms with Crippen molar-refractivity contribution in [1.29, 1.82) is 0 Å². The number of Topliss-reactive ketones (excluding diaryl/α,β-unsaturated/α-hetero) is 1. The van der Waals surface area contributed by atoms with Gasteiger partial charge < -0.3 is 4.74 Å². The Bertz CT molecular complexity index is 229. The van der Waals surface area contributed by atoms with Crippen molar-refractivity contribution in [2.45, 2.75) is 46.1 Å². The van der Waals surface area contributed by atoms with Gasteiger partial charge in [0.1, 0.15) is 5.78 Å². The average Bonchev–Trinajstić information content (AvgIpc) is 2.99. The van der Waals surface area contributed by atoms with Crippen LogP contribution in [0.4, 0.5) is 0 Å². The van der Waals surface area contributed by atoms with Crippen LogP contribution in [0, 0.1) is 5.41 Å². The summed E-state index contributed by atoms with van der Waals surface area (Å²) >= 11 is 0. The predicted octanol–water partition coefficient (Wildman–Crippen LogP) is 2.10. The van der Waals surface area contributed by atoms with E-state index < -0.39 is 0 Å². The molecule has 94 valence electrons. The van der Waals surface area contributed by atoms with E-state index in [1.54, 1.807) is 7.11 Å². The van der Waals surface area contributed by atoms with Crippen LogP contribution < -0.4 is 0 Å². The van der Waals surface area contributed by atoms with Gasteiger partial charge in [0.2, 0.25) is 0 Å². The predicted molar refractivity (Wildman–Crippen MR) is 65.6 cm³/mol. The highest BCUT2D eigenvalue weighted by Gasteiger charge is 2.29. The van der Waals surface area contributed by atoms with Gasteiger partial charge in [-0.3, -0.25) is 9.69 Å². The highest BCUT2D eigenvalue weighted by Crippen LogP contribution is 2.27. The first-order valence-corrected chi connectivity index (χ1v) is 6.21. The van der Waals surface area contributed by atoms with E-state index in [4.69, 9.17) is 4.74 Å². The first kappa shape index (κ1) is 13.7. The largest absolute Gasteiger partial charge is 0.383 e. The van der Waals surface area contributed by atoms with Crippen molar-refractivity contribution in [3.05, 3.63) is 0 Å². The van der Waals surface area contributed by atoms with Crippen LogP contribution >= 0.6 is 0 Å². The highest BCUT2D eigenvalue weighted by molar-refractivity contribution is 5.83. The maximum absolute atomic E-state index is 11.8. The van der Waals surface area contributed by atoms with Crippen molar-refractivity contribution in [3.63, 3.8) is 0 Å². The summed E-state index contributed by atoms with van der Waals surface area (Å²) in [6.45, 7) is 8.59. The Balaban J connectivity index is 2.29. The van der Waals surface area contributed by atoms with E-state index in [-0.39, 0.29) is 5.41 Å². The maximum Gasteiger partial charge on any atom is 0.139 e. The Labute approximate surface area is 99.1 Å². The summed E-state index contributed by atoms with van der Waals surface area (Å²) in [5, 5.41) is 0. The van der Waals surface area contributed by atoms with E-state index in [1.165, 1.54) is 12.8 Å². The summed E-state index contributed by atoms with van der Waals surface area (Å²) in [4.78, 5) is 14.2. The number of ether oxygens (including phenoxy) is 1. The number of hydrogen-bond acceptors (Lipinski definition) is 3. The lowest BCUT2D eigenvalue weighted by Gasteiger charge is -2.23. The van der Waals surface area contributed by atoms with Gasteiger partial charge in [-0.2, -0.15) is 0 Å². The van der Waals surface area contributed by atoms with Gasteiger partial charge in [0.25, 0.3) is 0 Å². The number of carbonyl (C=O) groups is 1. The lowest BCUT2D eigenvalue weighted by molar-refractivity contribution is -0.126. The van der Waals surface area contributed by atoms with E-state index in [0.29, 0.717) is 18.2 Å². The van der Waals surface area contributed by atoms with Crippen LogP contribution in [0.15, 0.2) is 0 Å². The molecule has 1 aliphatic rings. The Hall–Kier alpha value is -0.410. The molecule has 1 fully saturated rings. The van der Waals surface area contributed by atoms with Crippen molar-refractivity contribution in [2.24, 2.45) is 5.41 Å². The van der Waals surface area contributed by atoms with Gasteiger partial charge in [-0.15, -0.1) is 0 Å². The zero-order chi connectivity index (χ0) is 12.2. The zero-order valence-corrected chi connectivity index (χ0v) is 11.1. The van der Waals surface area contributed by atoms with Crippen molar-refractivity contribution in [3.8, 4) is 0 Å². The Kier molecular flexibility index (Phi) is 4.93. The van der Waals surface area contributed by atoms with Crippen molar-refractivity contribution >= 4 is 5.78 Å². The minimum absolute atomic E-state index is 0.198. The van der Waals surface area contributed by atoms with Crippen LogP contribution in [0.3, 0.4) is 0 Å². The fourth-order valence-electron chi connectivity index (χ4n) is 1.75. The topological polar surface area (TPSA) is 29.5 Å². The fraction of sp³-hybridized carbons (Fsp3) is 0.923. The van der Waals surface area contributed by atoms with Gasteiger partial charge in [-0.25, -0.2) is 0 Å². The Morgan fingerprint density at radius 2 is 1.94 bits per heavy atom. The van der Waals surface area contributed by atoms with E-state index in [1.807, 2.05) is 20.8 Å². The first-order valence-electron chi connectivity index (χ1n) is 6.21. The molecule has 3 heteroatoms. The second-order valence-electron chi connectivity index (χ2n) is 5.68. The zero-order valence-electron chi connectivity index (χ0n) is 11.1. The number of ketones is 1. The molecule has 0 aromatic carbocycles. The van der Waals surface area contributed by atoms with Gasteiger partial charge in [0.05, 0.1) is 6.61 Å². The molecule has 0 heterocycles. The molecule has 0 saturated heterocycles. The Morgan fingerprint density at radius 1 is 1.31 bits per heavy atom. The van der Waals surface area contributed by atoms with Gasteiger partial charge in [0.15, 0.2) is 0 Å². The quantitative estimate of drug-likeness (QED) is 0.667. The fourth-order valence-corrected chi connectivity index (χ4v) is 1.75. The molecule has 0 aliphatic heterocycles. The molecule has 3 nitrogen and oxygen atoms in total. The SMILES string of the molecule is COCCN(CCC(=O)C(C)(C)C)C1CC1. The van der Waals surface area contributed by atoms with E-state index >= 15 is 0 Å². The van der Waals surface area contributed by atoms with Gasteiger partial charge in [0, 0.05) is 38.1 Å². The smallest absolute Gasteiger partial charge is 0.139 e. The van der Waals surface area contributed by atoms with Gasteiger partial charge in [-0.05, 0) is 12.8 Å². The molecule has 0 radical (unpaired) electrons. The second kappa shape index (κ2) is 5.78. The highest BCUT2D eigenvalue weighted by atomic mass is 16.5. The normalized spacial score (nSPS) is 16.8. The third-order valence-electron chi connectivity index (χ3n) is 3.11. The van der Waals surface area contributed by atoms with Crippen molar-refractivity contribution in [2.75, 3.05) is 26.8 Å². The minimum Gasteiger partial charge on any atom is -0.383 e. The molecule has 1 saturated carbocycles. The lowest BCUT2D eigenvalue weighted by Crippen LogP contribution is -2.33. The Morgan fingerprint density at radius 3 is 2.38 bits per heavy atom. The molecule has 0 spiro atoms. The molecule has 0 unspecified atom stereocenters. The maximum atomic E-state index is 11.8. The van der Waals surface area contributed by atoms with E-state index in [9.17, 15) is 4.79 Å². The van der Waals surface area contributed by atoms with Crippen molar-refractivity contribution in [1.82, 2.24) is 4.90 Å². The molecule has 1 rings (SSSR count). The third-order valence-corrected chi connectivity index (χ3v) is 3.11. The van der Waals surface area contributed by atoms with Crippen LogP contribution in [-0.2, 0) is 9.53 Å². The van der Waals surface area contributed by atoms with Crippen molar-refractivity contribution < 1.29 is 9.53 Å². The monoisotopic (exact) mass is 227 g/mol. The summed E-state index contributed by atoms with van der Waals surface area (Å²) in [6.07, 6.45) is 3.24. The van der Waals surface area contributed by atoms with Gasteiger partial charge in [-0.1, -0.05) is 20.8 Å². The molecule has 0 aromatic rings. The summed E-state index contributed by atoms with van der Waals surface area (Å²) in [7, 11) is 1.73. The number of hydrogen-bond donors (Lipinski definition) is 0. The molecule has 0 atom stereocenters. The van der Waals surface area contributed by atoms with Crippen LogP contribution in [0.25, 0.3) is 0 Å². The number of carbonyl (C=O) groups excluding carboxylic acids is 1. The lowest BCUT2D eigenvalue weighted by atomic mass is 9.89. The summed E-state index contributed by atoms with van der Waals surface area (Å²) in [5.74, 6) is 0.357. The summed E-state index contributed by atoms with van der Waals surface area (Å²) < 4.78 is 5.10. The minimum atomic E-state index is -0.198. The second-order valence-corrected chi connectivity index (χ2v) is 5.68. The van der Waals surface area contributed by atoms with E-state index in [0.717, 1.165) is 19.7 Å². The van der Waals surface area contributed by atoms with Crippen LogP contribution in [0.1, 0.15) is 40.0 Å². The molecule has 0 bridgehead atoms. The van der Waals surface area contributed by atoms with Gasteiger partial charge >= 0.3 is 0 Å². The first-order chi connectivity index (χ1) is 7.45. The molecular formula is C13H25NO2. The van der Waals surface area contributed by atoms with E-state index in [2.05, 4.69) is 4.90 Å². The third kappa shape index (κ3) is 4.62. The summed E-state index contributed by atoms with van der Waals surface area (Å²) in [6, 6.07) is 0.711. The van der Waals surface area contributed by atoms with Crippen LogP contribution in [0.5, 0.6) is 0 Å². The average molecular weight is 227 g/mol. The summed E-state index contributed by atoms with van der Waals surface area (Å²) in [5.41, 5.74) is -0.198.